The third-order valence-corrected chi connectivity index (χ3v) is 2.14. The molecule has 1 nitrogen and oxygen atoms in total. The van der Waals surface area contributed by atoms with Crippen LogP contribution in [0.2, 0.25) is 5.02 Å². The SMILES string of the molecule is CN(Cc1ccc(Cl)cc1)C[B-](F)(F)F. The Hall–Kier alpha value is -0.675. The van der Waals surface area contributed by atoms with Crippen LogP contribution in [-0.4, -0.2) is 25.4 Å². The maximum Gasteiger partial charge on any atom is 0.492 e. The summed E-state index contributed by atoms with van der Waals surface area (Å²) in [7, 11) is 1.45. The molecule has 1 aromatic carbocycles. The van der Waals surface area contributed by atoms with Crippen LogP contribution in [-0.2, 0) is 6.54 Å². The molecule has 0 N–H and O–H groups in total. The summed E-state index contributed by atoms with van der Waals surface area (Å²) >= 11 is 5.66. The van der Waals surface area contributed by atoms with Gasteiger partial charge in [-0.15, -0.1) is 0 Å². The van der Waals surface area contributed by atoms with E-state index in [2.05, 4.69) is 0 Å². The van der Waals surface area contributed by atoms with Crippen LogP contribution in [0.15, 0.2) is 24.3 Å². The number of nitrogens with zero attached hydrogens (tertiary/aromatic N) is 1. The fraction of sp³-hybridized carbons (Fsp3) is 0.333. The summed E-state index contributed by atoms with van der Waals surface area (Å²) in [6.45, 7) is -4.48. The number of benzene rings is 1. The molecule has 0 atom stereocenters. The van der Waals surface area contributed by atoms with Gasteiger partial charge < -0.3 is 17.8 Å². The van der Waals surface area contributed by atoms with Crippen LogP contribution < -0.4 is 0 Å². The quantitative estimate of drug-likeness (QED) is 0.726. The van der Waals surface area contributed by atoms with Crippen molar-refractivity contribution in [3.63, 3.8) is 0 Å². The number of hydrogen-bond acceptors (Lipinski definition) is 1. The lowest BCUT2D eigenvalue weighted by atomic mass is 9.91. The van der Waals surface area contributed by atoms with Crippen molar-refractivity contribution in [2.45, 2.75) is 6.54 Å². The van der Waals surface area contributed by atoms with Gasteiger partial charge in [0.05, 0.1) is 0 Å². The maximum absolute atomic E-state index is 12.1. The number of halogens is 4. The summed E-state index contributed by atoms with van der Waals surface area (Å²) in [6.07, 6.45) is -0.845. The Kier molecular flexibility index (Phi) is 4.05. The van der Waals surface area contributed by atoms with Gasteiger partial charge in [-0.25, -0.2) is 0 Å². The fourth-order valence-electron chi connectivity index (χ4n) is 1.32. The van der Waals surface area contributed by atoms with Crippen molar-refractivity contribution in [1.29, 1.82) is 0 Å². The molecule has 0 bridgehead atoms. The van der Waals surface area contributed by atoms with Gasteiger partial charge in [0.25, 0.3) is 0 Å². The van der Waals surface area contributed by atoms with Crippen molar-refractivity contribution < 1.29 is 12.9 Å². The van der Waals surface area contributed by atoms with Crippen molar-refractivity contribution in [3.8, 4) is 0 Å². The fourth-order valence-corrected chi connectivity index (χ4v) is 1.45. The average molecular weight is 236 g/mol. The Balaban J connectivity index is 2.51. The lowest BCUT2D eigenvalue weighted by molar-refractivity contribution is 0.322. The van der Waals surface area contributed by atoms with E-state index in [4.69, 9.17) is 11.6 Å². The van der Waals surface area contributed by atoms with Crippen LogP contribution in [0, 0.1) is 0 Å². The molecule has 0 radical (unpaired) electrons. The van der Waals surface area contributed by atoms with Gasteiger partial charge >= 0.3 is 6.98 Å². The molecule has 84 valence electrons. The van der Waals surface area contributed by atoms with Crippen LogP contribution >= 0.6 is 11.6 Å². The molecule has 0 aromatic heterocycles. The Morgan fingerprint density at radius 1 is 1.20 bits per heavy atom. The molecule has 0 saturated heterocycles. The zero-order valence-corrected chi connectivity index (χ0v) is 9.02. The molecular weight excluding hydrogens is 225 g/mol. The molecule has 0 unspecified atom stereocenters. The number of rotatable bonds is 4. The molecule has 0 spiro atoms. The summed E-state index contributed by atoms with van der Waals surface area (Å²) in [5, 5.41) is 0.585. The third-order valence-electron chi connectivity index (χ3n) is 1.88. The first-order valence-corrected chi connectivity index (χ1v) is 4.88. The lowest BCUT2D eigenvalue weighted by Crippen LogP contribution is -2.34. The van der Waals surface area contributed by atoms with Gasteiger partial charge in [0.2, 0.25) is 0 Å². The average Bonchev–Trinajstić information content (AvgIpc) is 2.05. The second-order valence-electron chi connectivity index (χ2n) is 3.53. The first kappa shape index (κ1) is 12.4. The Morgan fingerprint density at radius 3 is 2.20 bits per heavy atom. The van der Waals surface area contributed by atoms with E-state index in [9.17, 15) is 12.9 Å². The van der Waals surface area contributed by atoms with Crippen molar-refractivity contribution in [2.75, 3.05) is 13.5 Å². The highest BCUT2D eigenvalue weighted by Crippen LogP contribution is 2.14. The molecule has 15 heavy (non-hydrogen) atoms. The van der Waals surface area contributed by atoms with Gasteiger partial charge in [0.1, 0.15) is 0 Å². The zero-order valence-electron chi connectivity index (χ0n) is 8.26. The summed E-state index contributed by atoms with van der Waals surface area (Å²) < 4.78 is 36.2. The summed E-state index contributed by atoms with van der Waals surface area (Å²) in [5.74, 6) is 0. The molecule has 1 aromatic rings. The van der Waals surface area contributed by atoms with E-state index in [1.807, 2.05) is 0 Å². The maximum atomic E-state index is 12.1. The van der Waals surface area contributed by atoms with Crippen molar-refractivity contribution in [2.24, 2.45) is 0 Å². The molecular formula is C9H11BClF3N-. The van der Waals surface area contributed by atoms with E-state index in [1.54, 1.807) is 24.3 Å². The van der Waals surface area contributed by atoms with E-state index in [0.29, 0.717) is 5.02 Å². The van der Waals surface area contributed by atoms with E-state index < -0.39 is 13.4 Å². The smallest absolute Gasteiger partial charge is 0.448 e. The van der Waals surface area contributed by atoms with E-state index in [0.717, 1.165) is 5.56 Å². The standard InChI is InChI=1S/C9H11BClF3N/c1-15(7-10(12,13)14)6-8-2-4-9(11)5-3-8/h2-5H,6-7H2,1H3/q-1. The minimum absolute atomic E-state index is 0.276. The van der Waals surface area contributed by atoms with Gasteiger partial charge in [-0.3, -0.25) is 0 Å². The predicted octanol–water partition coefficient (Wildman–Crippen LogP) is 3.16. The molecule has 0 aliphatic rings. The van der Waals surface area contributed by atoms with E-state index >= 15 is 0 Å². The molecule has 0 saturated carbocycles. The normalized spacial score (nSPS) is 12.1. The largest absolute Gasteiger partial charge is 0.492 e. The van der Waals surface area contributed by atoms with E-state index in [1.165, 1.54) is 11.9 Å². The highest BCUT2D eigenvalue weighted by molar-refractivity contribution is 6.58. The minimum atomic E-state index is -4.75. The molecule has 0 fully saturated rings. The second kappa shape index (κ2) is 4.90. The Bertz CT molecular complexity index is 312. The van der Waals surface area contributed by atoms with Crippen LogP contribution in [0.1, 0.15) is 5.56 Å². The van der Waals surface area contributed by atoms with Crippen molar-refractivity contribution in [3.05, 3.63) is 34.9 Å². The van der Waals surface area contributed by atoms with Crippen LogP contribution in [0.25, 0.3) is 0 Å². The molecule has 1 rings (SSSR count). The van der Waals surface area contributed by atoms with Crippen LogP contribution in [0.4, 0.5) is 12.9 Å². The monoisotopic (exact) mass is 236 g/mol. The van der Waals surface area contributed by atoms with Gasteiger partial charge in [0, 0.05) is 11.6 Å². The summed E-state index contributed by atoms with van der Waals surface area (Å²) in [5.41, 5.74) is 0.821. The van der Waals surface area contributed by atoms with Crippen molar-refractivity contribution in [1.82, 2.24) is 4.90 Å². The molecule has 0 heterocycles. The van der Waals surface area contributed by atoms with Crippen LogP contribution in [0.3, 0.4) is 0 Å². The molecule has 6 heteroatoms. The number of hydrogen-bond donors (Lipinski definition) is 0. The highest BCUT2D eigenvalue weighted by Gasteiger charge is 2.24. The third kappa shape index (κ3) is 5.09. The Labute approximate surface area is 91.9 Å². The topological polar surface area (TPSA) is 3.24 Å². The zero-order chi connectivity index (χ0) is 11.5. The second-order valence-corrected chi connectivity index (χ2v) is 3.97. The molecule has 0 aliphatic carbocycles. The van der Waals surface area contributed by atoms with Crippen molar-refractivity contribution >= 4 is 18.6 Å². The predicted molar refractivity (Wildman–Crippen MR) is 56.9 cm³/mol. The van der Waals surface area contributed by atoms with Gasteiger partial charge in [-0.05, 0) is 31.2 Å². The summed E-state index contributed by atoms with van der Waals surface area (Å²) in [6, 6.07) is 6.79. The first-order chi connectivity index (χ1) is 6.87. The van der Waals surface area contributed by atoms with E-state index in [-0.39, 0.29) is 6.54 Å². The highest BCUT2D eigenvalue weighted by atomic mass is 35.5. The Morgan fingerprint density at radius 2 is 1.73 bits per heavy atom. The minimum Gasteiger partial charge on any atom is -0.448 e. The molecule has 0 amide bonds. The first-order valence-electron chi connectivity index (χ1n) is 4.51. The van der Waals surface area contributed by atoms with Gasteiger partial charge in [0.15, 0.2) is 0 Å². The van der Waals surface area contributed by atoms with Gasteiger partial charge in [-0.2, -0.15) is 0 Å². The van der Waals surface area contributed by atoms with Crippen LogP contribution in [0.5, 0.6) is 0 Å². The lowest BCUT2D eigenvalue weighted by Gasteiger charge is -2.23. The van der Waals surface area contributed by atoms with Gasteiger partial charge in [-0.1, -0.05) is 23.7 Å². The molecule has 0 aliphatic heterocycles. The summed E-state index contributed by atoms with van der Waals surface area (Å²) in [4.78, 5) is 1.24.